The highest BCUT2D eigenvalue weighted by Gasteiger charge is 2.01. The van der Waals surface area contributed by atoms with Crippen molar-refractivity contribution in [1.82, 2.24) is 10.3 Å². The van der Waals surface area contributed by atoms with Crippen LogP contribution in [-0.2, 0) is 11.3 Å². The molecule has 0 saturated heterocycles. The van der Waals surface area contributed by atoms with Gasteiger partial charge in [0.15, 0.2) is 0 Å². The van der Waals surface area contributed by atoms with Crippen LogP contribution >= 0.6 is 11.6 Å². The first-order chi connectivity index (χ1) is 10.6. The molecule has 0 aliphatic heterocycles. The number of benzene rings is 1. The lowest BCUT2D eigenvalue weighted by Crippen LogP contribution is -2.24. The number of nitrogens with two attached hydrogens (primary N) is 1. The zero-order valence-electron chi connectivity index (χ0n) is 11.8. The van der Waals surface area contributed by atoms with Gasteiger partial charge in [-0.05, 0) is 11.6 Å². The van der Waals surface area contributed by atoms with Crippen molar-refractivity contribution in [3.63, 3.8) is 0 Å². The summed E-state index contributed by atoms with van der Waals surface area (Å²) in [6.45, 7) is 0.556. The molecule has 1 heterocycles. The minimum Gasteiger partial charge on any atom is -0.445 e. The van der Waals surface area contributed by atoms with Gasteiger partial charge in [0, 0.05) is 12.1 Å². The third-order valence-electron chi connectivity index (χ3n) is 2.76. The fourth-order valence-electron chi connectivity index (χ4n) is 1.70. The zero-order valence-corrected chi connectivity index (χ0v) is 12.6. The molecule has 1 aromatic heterocycles. The number of ether oxygens (including phenoxy) is 1. The molecule has 1 aromatic carbocycles. The van der Waals surface area contributed by atoms with Crippen molar-refractivity contribution in [2.75, 3.05) is 12.3 Å². The molecule has 0 saturated carbocycles. The van der Waals surface area contributed by atoms with E-state index in [2.05, 4.69) is 10.3 Å². The summed E-state index contributed by atoms with van der Waals surface area (Å²) < 4.78 is 5.08. The first-order valence-electron chi connectivity index (χ1n) is 6.67. The Balaban J connectivity index is 1.75. The topological polar surface area (TPSA) is 77.2 Å². The summed E-state index contributed by atoms with van der Waals surface area (Å²) in [7, 11) is 0. The van der Waals surface area contributed by atoms with Crippen LogP contribution in [-0.4, -0.2) is 17.6 Å². The van der Waals surface area contributed by atoms with E-state index < -0.39 is 6.09 Å². The fourth-order valence-corrected chi connectivity index (χ4v) is 1.87. The number of aromatic nitrogens is 1. The van der Waals surface area contributed by atoms with Crippen LogP contribution in [0, 0.1) is 0 Å². The second-order valence-corrected chi connectivity index (χ2v) is 4.85. The fraction of sp³-hybridized carbons (Fsp3) is 0.125. The van der Waals surface area contributed by atoms with Gasteiger partial charge < -0.3 is 15.8 Å². The molecule has 2 aromatic rings. The van der Waals surface area contributed by atoms with Gasteiger partial charge in [-0.3, -0.25) is 0 Å². The monoisotopic (exact) mass is 317 g/mol. The van der Waals surface area contributed by atoms with Crippen molar-refractivity contribution in [2.45, 2.75) is 6.61 Å². The van der Waals surface area contributed by atoms with E-state index in [-0.39, 0.29) is 6.61 Å². The summed E-state index contributed by atoms with van der Waals surface area (Å²) >= 11 is 5.93. The molecule has 114 valence electrons. The smallest absolute Gasteiger partial charge is 0.407 e. The highest BCUT2D eigenvalue weighted by atomic mass is 35.5. The number of anilines is 1. The number of nitrogen functional groups attached to an aromatic ring is 1. The van der Waals surface area contributed by atoms with Crippen LogP contribution in [0.5, 0.6) is 0 Å². The molecular weight excluding hydrogens is 302 g/mol. The predicted molar refractivity (Wildman–Crippen MR) is 87.3 cm³/mol. The minimum atomic E-state index is -0.481. The zero-order chi connectivity index (χ0) is 15.8. The van der Waals surface area contributed by atoms with Crippen LogP contribution in [0.3, 0.4) is 0 Å². The first-order valence-corrected chi connectivity index (χ1v) is 7.05. The van der Waals surface area contributed by atoms with Crippen LogP contribution in [0.4, 0.5) is 10.5 Å². The van der Waals surface area contributed by atoms with E-state index in [1.54, 1.807) is 18.2 Å². The number of rotatable bonds is 5. The van der Waals surface area contributed by atoms with E-state index in [0.29, 0.717) is 22.9 Å². The number of hydrogen-bond donors (Lipinski definition) is 2. The SMILES string of the molecule is Nc1cnc(Cl)c(C=CCNC(=O)OCc2ccccc2)c1. The number of pyridine rings is 1. The Morgan fingerprint density at radius 3 is 2.91 bits per heavy atom. The predicted octanol–water partition coefficient (Wildman–Crippen LogP) is 3.26. The molecular formula is C16H16ClN3O2. The Morgan fingerprint density at radius 1 is 1.36 bits per heavy atom. The van der Waals surface area contributed by atoms with Crippen LogP contribution in [0.1, 0.15) is 11.1 Å². The van der Waals surface area contributed by atoms with Crippen molar-refractivity contribution >= 4 is 29.5 Å². The molecule has 0 aliphatic carbocycles. The van der Waals surface area contributed by atoms with Gasteiger partial charge in [-0.2, -0.15) is 0 Å². The molecule has 2 rings (SSSR count). The number of amides is 1. The van der Waals surface area contributed by atoms with Gasteiger partial charge in [0.1, 0.15) is 11.8 Å². The van der Waals surface area contributed by atoms with Crippen LogP contribution < -0.4 is 11.1 Å². The molecule has 0 spiro atoms. The number of alkyl carbamates (subject to hydrolysis) is 1. The normalized spacial score (nSPS) is 10.6. The number of hydrogen-bond acceptors (Lipinski definition) is 4. The first kappa shape index (κ1) is 15.9. The number of carbonyl (C=O) groups is 1. The molecule has 1 amide bonds. The Labute approximate surface area is 133 Å². The number of carbonyl (C=O) groups excluding carboxylic acids is 1. The maximum absolute atomic E-state index is 11.5. The summed E-state index contributed by atoms with van der Waals surface area (Å²) in [6, 6.07) is 11.2. The Kier molecular flexibility index (Phi) is 5.80. The molecule has 0 fully saturated rings. The molecule has 3 N–H and O–H groups in total. The largest absolute Gasteiger partial charge is 0.445 e. The third kappa shape index (κ3) is 5.10. The average Bonchev–Trinajstić information content (AvgIpc) is 2.53. The van der Waals surface area contributed by atoms with E-state index in [4.69, 9.17) is 22.1 Å². The van der Waals surface area contributed by atoms with Crippen molar-refractivity contribution in [2.24, 2.45) is 0 Å². The standard InChI is InChI=1S/C16H16ClN3O2/c17-15-13(9-14(18)10-20-15)7-4-8-19-16(21)22-11-12-5-2-1-3-6-12/h1-7,9-10H,8,11,18H2,(H,19,21). The Hall–Kier alpha value is -2.53. The van der Waals surface area contributed by atoms with Gasteiger partial charge in [0.25, 0.3) is 0 Å². The van der Waals surface area contributed by atoms with Crippen LogP contribution in [0.2, 0.25) is 5.15 Å². The average molecular weight is 318 g/mol. The van der Waals surface area contributed by atoms with E-state index >= 15 is 0 Å². The molecule has 5 nitrogen and oxygen atoms in total. The molecule has 0 bridgehead atoms. The summed E-state index contributed by atoms with van der Waals surface area (Å²) in [5.74, 6) is 0. The van der Waals surface area contributed by atoms with Crippen LogP contribution in [0.15, 0.2) is 48.7 Å². The lowest BCUT2D eigenvalue weighted by Gasteiger charge is -2.05. The molecule has 0 aliphatic rings. The van der Waals surface area contributed by atoms with E-state index in [1.807, 2.05) is 30.3 Å². The summed E-state index contributed by atoms with van der Waals surface area (Å²) in [6.07, 6.45) is 4.49. The third-order valence-corrected chi connectivity index (χ3v) is 3.08. The van der Waals surface area contributed by atoms with E-state index in [0.717, 1.165) is 5.56 Å². The molecule has 0 atom stereocenters. The van der Waals surface area contributed by atoms with Crippen molar-refractivity contribution < 1.29 is 9.53 Å². The van der Waals surface area contributed by atoms with E-state index in [9.17, 15) is 4.79 Å². The lowest BCUT2D eigenvalue weighted by molar-refractivity contribution is 0.141. The second kappa shape index (κ2) is 8.05. The molecule has 0 unspecified atom stereocenters. The van der Waals surface area contributed by atoms with Gasteiger partial charge in [0.05, 0.1) is 11.9 Å². The van der Waals surface area contributed by atoms with Gasteiger partial charge >= 0.3 is 6.09 Å². The highest BCUT2D eigenvalue weighted by molar-refractivity contribution is 6.30. The Morgan fingerprint density at radius 2 is 2.14 bits per heavy atom. The van der Waals surface area contributed by atoms with Crippen LogP contribution in [0.25, 0.3) is 6.08 Å². The maximum Gasteiger partial charge on any atom is 0.407 e. The number of nitrogens with zero attached hydrogens (tertiary/aromatic N) is 1. The molecule has 0 radical (unpaired) electrons. The Bertz CT molecular complexity index is 660. The molecule has 22 heavy (non-hydrogen) atoms. The van der Waals surface area contributed by atoms with Crippen molar-refractivity contribution in [3.05, 3.63) is 65.0 Å². The van der Waals surface area contributed by atoms with Crippen molar-refractivity contribution in [3.8, 4) is 0 Å². The van der Waals surface area contributed by atoms with Crippen molar-refractivity contribution in [1.29, 1.82) is 0 Å². The minimum absolute atomic E-state index is 0.237. The van der Waals surface area contributed by atoms with E-state index in [1.165, 1.54) is 6.20 Å². The quantitative estimate of drug-likeness (QED) is 0.830. The molecule has 6 heteroatoms. The van der Waals surface area contributed by atoms with Gasteiger partial charge in [-0.1, -0.05) is 54.1 Å². The van der Waals surface area contributed by atoms with Gasteiger partial charge in [0.2, 0.25) is 0 Å². The summed E-state index contributed by atoms with van der Waals surface area (Å²) in [4.78, 5) is 15.5. The van der Waals surface area contributed by atoms with Gasteiger partial charge in [-0.25, -0.2) is 9.78 Å². The maximum atomic E-state index is 11.5. The number of halogens is 1. The summed E-state index contributed by atoms with van der Waals surface area (Å²) in [5.41, 5.74) is 7.79. The summed E-state index contributed by atoms with van der Waals surface area (Å²) in [5, 5.41) is 2.97. The second-order valence-electron chi connectivity index (χ2n) is 4.49. The number of nitrogens with one attached hydrogen (secondary N) is 1. The highest BCUT2D eigenvalue weighted by Crippen LogP contribution is 2.16. The lowest BCUT2D eigenvalue weighted by atomic mass is 10.2. The van der Waals surface area contributed by atoms with Gasteiger partial charge in [-0.15, -0.1) is 0 Å².